The fraction of sp³-hybridized carbons (Fsp3) is 0.143. The molecule has 0 saturated heterocycles. The molecule has 0 spiro atoms. The number of carbonyl (C=O) groups excluding carboxylic acids is 1. The van der Waals surface area contributed by atoms with Crippen molar-refractivity contribution in [3.63, 3.8) is 0 Å². The van der Waals surface area contributed by atoms with Crippen molar-refractivity contribution >= 4 is 11.9 Å². The number of likely N-dealkylation sites (N-methyl/N-ethyl adjacent to an activating group) is 1. The number of hydrogen-bond acceptors (Lipinski definition) is 5. The molecule has 0 radical (unpaired) electrons. The lowest BCUT2D eigenvalue weighted by Crippen LogP contribution is -2.41. The number of alkyl halides is 1. The Labute approximate surface area is 169 Å². The van der Waals surface area contributed by atoms with Gasteiger partial charge in [-0.3, -0.25) is 14.7 Å². The van der Waals surface area contributed by atoms with Crippen LogP contribution in [0.2, 0.25) is 0 Å². The molecule has 2 N–H and O–H groups in total. The number of aliphatic imine (C=N–C) groups is 1. The second kappa shape index (κ2) is 7.25. The van der Waals surface area contributed by atoms with Gasteiger partial charge in [-0.15, -0.1) is 0 Å². The van der Waals surface area contributed by atoms with Crippen LogP contribution < -0.4 is 5.73 Å². The summed E-state index contributed by atoms with van der Waals surface area (Å²) in [6.07, 6.45) is 2.60. The zero-order valence-corrected chi connectivity index (χ0v) is 15.8. The predicted molar refractivity (Wildman–Crippen MR) is 104 cm³/mol. The molecular formula is C21H16F3N5O. The Morgan fingerprint density at radius 3 is 2.57 bits per heavy atom. The van der Waals surface area contributed by atoms with Gasteiger partial charge in [-0.05, 0) is 47.5 Å². The second-order valence-electron chi connectivity index (χ2n) is 6.75. The van der Waals surface area contributed by atoms with Crippen molar-refractivity contribution in [2.24, 2.45) is 10.7 Å². The third-order valence-electron chi connectivity index (χ3n) is 5.04. The van der Waals surface area contributed by atoms with Crippen LogP contribution in [-0.4, -0.2) is 33.8 Å². The SMILES string of the molecule is CN1C(=O)C(c2ccnc(CF)c2)(c2cc(-c3cccnc3F)ccc2F)N=C1N. The molecule has 1 atom stereocenters. The van der Waals surface area contributed by atoms with E-state index >= 15 is 4.39 Å². The van der Waals surface area contributed by atoms with E-state index in [1.54, 1.807) is 0 Å². The summed E-state index contributed by atoms with van der Waals surface area (Å²) in [4.78, 5) is 26.1. The van der Waals surface area contributed by atoms with Crippen LogP contribution in [0.15, 0.2) is 59.9 Å². The van der Waals surface area contributed by atoms with E-state index in [4.69, 9.17) is 5.73 Å². The van der Waals surface area contributed by atoms with E-state index in [0.29, 0.717) is 5.56 Å². The number of amides is 1. The maximum absolute atomic E-state index is 15.1. The number of guanidine groups is 1. The van der Waals surface area contributed by atoms with Crippen LogP contribution in [0, 0.1) is 11.8 Å². The molecule has 30 heavy (non-hydrogen) atoms. The average Bonchev–Trinajstić information content (AvgIpc) is 2.99. The normalized spacial score (nSPS) is 18.6. The second-order valence-corrected chi connectivity index (χ2v) is 6.75. The van der Waals surface area contributed by atoms with Crippen molar-refractivity contribution in [1.29, 1.82) is 0 Å². The van der Waals surface area contributed by atoms with Crippen LogP contribution in [0.5, 0.6) is 0 Å². The Bertz CT molecular complexity index is 1180. The first-order chi connectivity index (χ1) is 14.4. The van der Waals surface area contributed by atoms with Crippen molar-refractivity contribution in [1.82, 2.24) is 14.9 Å². The third-order valence-corrected chi connectivity index (χ3v) is 5.04. The van der Waals surface area contributed by atoms with Crippen LogP contribution in [0.4, 0.5) is 13.2 Å². The minimum atomic E-state index is -1.90. The number of pyridine rings is 2. The molecular weight excluding hydrogens is 395 g/mol. The summed E-state index contributed by atoms with van der Waals surface area (Å²) in [7, 11) is 1.41. The minimum absolute atomic E-state index is 0.0536. The largest absolute Gasteiger partial charge is 0.369 e. The van der Waals surface area contributed by atoms with Gasteiger partial charge in [-0.25, -0.2) is 18.8 Å². The summed E-state index contributed by atoms with van der Waals surface area (Å²) in [6.45, 7) is -0.878. The van der Waals surface area contributed by atoms with Crippen molar-refractivity contribution in [2.45, 2.75) is 12.2 Å². The van der Waals surface area contributed by atoms with E-state index in [0.717, 1.165) is 11.0 Å². The average molecular weight is 411 g/mol. The minimum Gasteiger partial charge on any atom is -0.369 e. The molecule has 4 rings (SSSR count). The fourth-order valence-electron chi connectivity index (χ4n) is 3.51. The standard InChI is InChI=1S/C21H16F3N5O/c1-29-19(30)21(28-20(29)25,13-6-8-26-14(10-13)11-22)16-9-12(4-5-17(16)23)15-3-2-7-27-18(15)24/h2-10H,11H2,1H3,(H2,25,28). The molecule has 0 bridgehead atoms. The zero-order chi connectivity index (χ0) is 21.5. The zero-order valence-electron chi connectivity index (χ0n) is 15.8. The van der Waals surface area contributed by atoms with Crippen LogP contribution >= 0.6 is 0 Å². The maximum Gasteiger partial charge on any atom is 0.266 e. The Balaban J connectivity index is 2.01. The van der Waals surface area contributed by atoms with Crippen molar-refractivity contribution < 1.29 is 18.0 Å². The van der Waals surface area contributed by atoms with E-state index in [1.807, 2.05) is 0 Å². The number of aromatic nitrogens is 2. The first-order valence-electron chi connectivity index (χ1n) is 8.94. The first-order valence-corrected chi connectivity index (χ1v) is 8.94. The van der Waals surface area contributed by atoms with Gasteiger partial charge in [0, 0.05) is 30.6 Å². The highest BCUT2D eigenvalue weighted by molar-refractivity contribution is 6.09. The molecule has 1 amide bonds. The van der Waals surface area contributed by atoms with Gasteiger partial charge in [-0.2, -0.15) is 4.39 Å². The number of nitrogens with zero attached hydrogens (tertiary/aromatic N) is 4. The molecule has 1 aliphatic rings. The number of halogens is 3. The summed E-state index contributed by atoms with van der Waals surface area (Å²) in [5.74, 6) is -2.25. The topological polar surface area (TPSA) is 84.5 Å². The molecule has 0 saturated carbocycles. The van der Waals surface area contributed by atoms with Crippen molar-refractivity contribution in [3.05, 3.63) is 83.4 Å². The fourth-order valence-corrected chi connectivity index (χ4v) is 3.51. The highest BCUT2D eigenvalue weighted by Crippen LogP contribution is 2.42. The van der Waals surface area contributed by atoms with Crippen LogP contribution in [-0.2, 0) is 17.0 Å². The lowest BCUT2D eigenvalue weighted by Gasteiger charge is -2.27. The molecule has 0 aliphatic carbocycles. The number of rotatable bonds is 4. The summed E-state index contributed by atoms with van der Waals surface area (Å²) in [5, 5.41) is 0. The van der Waals surface area contributed by atoms with Gasteiger partial charge in [0.15, 0.2) is 11.5 Å². The molecule has 152 valence electrons. The first kappa shape index (κ1) is 19.6. The summed E-state index contributed by atoms with van der Waals surface area (Å²) >= 11 is 0. The van der Waals surface area contributed by atoms with E-state index in [-0.39, 0.29) is 28.3 Å². The molecule has 0 fully saturated rings. The summed E-state index contributed by atoms with van der Waals surface area (Å²) < 4.78 is 42.6. The molecule has 2 aromatic heterocycles. The van der Waals surface area contributed by atoms with E-state index in [2.05, 4.69) is 15.0 Å². The monoisotopic (exact) mass is 411 g/mol. The van der Waals surface area contributed by atoms with Crippen LogP contribution in [0.3, 0.4) is 0 Å². The summed E-state index contributed by atoms with van der Waals surface area (Å²) in [6, 6.07) is 9.64. The molecule has 3 aromatic rings. The van der Waals surface area contributed by atoms with Gasteiger partial charge in [0.05, 0.1) is 5.69 Å². The smallest absolute Gasteiger partial charge is 0.266 e. The lowest BCUT2D eigenvalue weighted by atomic mass is 9.81. The molecule has 3 heterocycles. The Morgan fingerprint density at radius 1 is 1.10 bits per heavy atom. The number of nitrogens with two attached hydrogens (primary N) is 1. The van der Waals surface area contributed by atoms with Crippen molar-refractivity contribution in [2.75, 3.05) is 7.05 Å². The Hall–Kier alpha value is -3.75. The van der Waals surface area contributed by atoms with Crippen LogP contribution in [0.25, 0.3) is 11.1 Å². The van der Waals surface area contributed by atoms with Gasteiger partial charge in [-0.1, -0.05) is 6.07 Å². The van der Waals surface area contributed by atoms with E-state index in [9.17, 15) is 13.6 Å². The van der Waals surface area contributed by atoms with Crippen LogP contribution in [0.1, 0.15) is 16.8 Å². The van der Waals surface area contributed by atoms with Gasteiger partial charge in [0.25, 0.3) is 5.91 Å². The highest BCUT2D eigenvalue weighted by Gasteiger charge is 2.51. The lowest BCUT2D eigenvalue weighted by molar-refractivity contribution is -0.129. The van der Waals surface area contributed by atoms with E-state index < -0.39 is 29.9 Å². The maximum atomic E-state index is 15.1. The highest BCUT2D eigenvalue weighted by atomic mass is 19.1. The molecule has 1 aromatic carbocycles. The van der Waals surface area contributed by atoms with Gasteiger partial charge >= 0.3 is 0 Å². The van der Waals surface area contributed by atoms with Crippen molar-refractivity contribution in [3.8, 4) is 11.1 Å². The number of hydrogen-bond donors (Lipinski definition) is 1. The molecule has 1 aliphatic heterocycles. The number of benzene rings is 1. The van der Waals surface area contributed by atoms with Gasteiger partial charge in [0.1, 0.15) is 12.5 Å². The molecule has 9 heteroatoms. The number of carbonyl (C=O) groups is 1. The van der Waals surface area contributed by atoms with Gasteiger partial charge in [0.2, 0.25) is 5.95 Å². The Kier molecular flexibility index (Phi) is 4.73. The molecule has 6 nitrogen and oxygen atoms in total. The van der Waals surface area contributed by atoms with E-state index in [1.165, 1.54) is 55.8 Å². The quantitative estimate of drug-likeness (QED) is 0.669. The summed E-state index contributed by atoms with van der Waals surface area (Å²) in [5.41, 5.74) is 4.53. The molecule has 1 unspecified atom stereocenters. The third kappa shape index (κ3) is 2.90. The van der Waals surface area contributed by atoms with Gasteiger partial charge < -0.3 is 5.73 Å². The predicted octanol–water partition coefficient (Wildman–Crippen LogP) is 2.92. The Morgan fingerprint density at radius 2 is 1.90 bits per heavy atom.